The summed E-state index contributed by atoms with van der Waals surface area (Å²) in [6.45, 7) is 0. The van der Waals surface area contributed by atoms with Crippen LogP contribution >= 0.6 is 7.82 Å². The molecule has 8 nitrogen and oxygen atoms in total. The number of hydrogen-bond acceptors (Lipinski definition) is 4. The van der Waals surface area contributed by atoms with Gasteiger partial charge in [-0.15, -0.1) is 0 Å². The van der Waals surface area contributed by atoms with Crippen LogP contribution in [0.5, 0.6) is 5.75 Å². The molecule has 0 saturated heterocycles. The maximum Gasteiger partial charge on any atom is 0.524 e. The normalized spacial score (nSPS) is 10.9. The standard InChI is InChI=1S/C8H7O8P/c9-7(10)4-1-5(8(11)12)3-6(2-4)16-17(13,14)15/h1-3H,(H,9,10)(H,11,12)(H2,13,14,15). The minimum atomic E-state index is -4.87. The van der Waals surface area contributed by atoms with Crippen LogP contribution in [0.1, 0.15) is 20.7 Å². The molecule has 0 saturated carbocycles. The molecule has 0 unspecified atom stereocenters. The molecule has 1 rings (SSSR count). The first-order valence-corrected chi connectivity index (χ1v) is 5.59. The van der Waals surface area contributed by atoms with Crippen molar-refractivity contribution in [3.8, 4) is 5.75 Å². The van der Waals surface area contributed by atoms with Gasteiger partial charge in [0.25, 0.3) is 0 Å². The molecular formula is C8H7O8P. The van der Waals surface area contributed by atoms with Crippen molar-refractivity contribution >= 4 is 19.8 Å². The number of carboxylic acid groups (broad SMARTS) is 2. The van der Waals surface area contributed by atoms with Gasteiger partial charge in [0.15, 0.2) is 0 Å². The number of rotatable bonds is 4. The van der Waals surface area contributed by atoms with E-state index in [1.54, 1.807) is 0 Å². The smallest absolute Gasteiger partial charge is 0.478 e. The number of carboxylic acids is 2. The lowest BCUT2D eigenvalue weighted by Gasteiger charge is -2.08. The van der Waals surface area contributed by atoms with E-state index in [0.29, 0.717) is 0 Å². The highest BCUT2D eigenvalue weighted by Crippen LogP contribution is 2.38. The highest BCUT2D eigenvalue weighted by Gasteiger charge is 2.19. The fraction of sp³-hybridized carbons (Fsp3) is 0. The summed E-state index contributed by atoms with van der Waals surface area (Å²) < 4.78 is 14.7. The van der Waals surface area contributed by atoms with E-state index >= 15 is 0 Å². The summed E-state index contributed by atoms with van der Waals surface area (Å²) in [5, 5.41) is 17.3. The van der Waals surface area contributed by atoms with Gasteiger partial charge in [0.05, 0.1) is 11.1 Å². The molecular weight excluding hydrogens is 255 g/mol. The Labute approximate surface area is 94.3 Å². The van der Waals surface area contributed by atoms with Gasteiger partial charge in [-0.05, 0) is 18.2 Å². The third-order valence-corrected chi connectivity index (χ3v) is 2.07. The molecule has 0 heterocycles. The van der Waals surface area contributed by atoms with Crippen molar-refractivity contribution < 1.29 is 38.7 Å². The van der Waals surface area contributed by atoms with Gasteiger partial charge in [0.1, 0.15) is 5.75 Å². The topological polar surface area (TPSA) is 141 Å². The quantitative estimate of drug-likeness (QED) is 0.576. The van der Waals surface area contributed by atoms with Crippen LogP contribution in [-0.2, 0) is 4.57 Å². The molecule has 0 aliphatic carbocycles. The van der Waals surface area contributed by atoms with E-state index in [1.807, 2.05) is 0 Å². The molecule has 4 N–H and O–H groups in total. The first-order chi connectivity index (χ1) is 7.69. The van der Waals surface area contributed by atoms with Gasteiger partial charge in [-0.2, -0.15) is 0 Å². The van der Waals surface area contributed by atoms with Crippen molar-refractivity contribution in [2.75, 3.05) is 0 Å². The van der Waals surface area contributed by atoms with Crippen molar-refractivity contribution in [2.24, 2.45) is 0 Å². The maximum atomic E-state index is 10.7. The zero-order chi connectivity index (χ0) is 13.2. The van der Waals surface area contributed by atoms with E-state index in [1.165, 1.54) is 0 Å². The van der Waals surface area contributed by atoms with Crippen molar-refractivity contribution in [3.05, 3.63) is 29.3 Å². The summed E-state index contributed by atoms with van der Waals surface area (Å²) >= 11 is 0. The molecule has 0 aromatic heterocycles. The second-order valence-corrected chi connectivity index (χ2v) is 4.10. The predicted octanol–water partition coefficient (Wildman–Crippen LogP) is 0.554. The van der Waals surface area contributed by atoms with E-state index in [4.69, 9.17) is 20.0 Å². The number of phosphoric acid groups is 1. The lowest BCUT2D eigenvalue weighted by molar-refractivity contribution is 0.0696. The lowest BCUT2D eigenvalue weighted by atomic mass is 10.1. The maximum absolute atomic E-state index is 10.7. The minimum Gasteiger partial charge on any atom is -0.478 e. The van der Waals surface area contributed by atoms with Gasteiger partial charge in [-0.1, -0.05) is 0 Å². The van der Waals surface area contributed by atoms with Crippen molar-refractivity contribution in [1.29, 1.82) is 0 Å². The SMILES string of the molecule is O=C(O)c1cc(OP(=O)(O)O)cc(C(=O)O)c1. The number of benzene rings is 1. The molecule has 0 bridgehead atoms. The van der Waals surface area contributed by atoms with Crippen molar-refractivity contribution in [1.82, 2.24) is 0 Å². The van der Waals surface area contributed by atoms with Crippen molar-refractivity contribution in [3.63, 3.8) is 0 Å². The highest BCUT2D eigenvalue weighted by molar-refractivity contribution is 7.46. The fourth-order valence-corrected chi connectivity index (χ4v) is 1.42. The summed E-state index contributed by atoms with van der Waals surface area (Å²) in [5.41, 5.74) is -0.901. The molecule has 1 aromatic rings. The second-order valence-electron chi connectivity index (χ2n) is 2.94. The number of hydrogen-bond donors (Lipinski definition) is 4. The van der Waals surface area contributed by atoms with Crippen LogP contribution in [0.2, 0.25) is 0 Å². The number of carbonyl (C=O) groups is 2. The molecule has 0 radical (unpaired) electrons. The van der Waals surface area contributed by atoms with Crippen LogP contribution in [-0.4, -0.2) is 31.9 Å². The van der Waals surface area contributed by atoms with E-state index < -0.39 is 36.6 Å². The summed E-state index contributed by atoms with van der Waals surface area (Å²) in [4.78, 5) is 38.4. The Morgan fingerprint density at radius 1 is 1.00 bits per heavy atom. The Morgan fingerprint density at radius 2 is 1.41 bits per heavy atom. The van der Waals surface area contributed by atoms with E-state index in [0.717, 1.165) is 18.2 Å². The van der Waals surface area contributed by atoms with Crippen LogP contribution in [0.15, 0.2) is 18.2 Å². The van der Waals surface area contributed by atoms with Crippen LogP contribution < -0.4 is 4.52 Å². The van der Waals surface area contributed by atoms with Gasteiger partial charge in [0.2, 0.25) is 0 Å². The van der Waals surface area contributed by atoms with E-state index in [-0.39, 0.29) is 0 Å². The van der Waals surface area contributed by atoms with E-state index in [2.05, 4.69) is 4.52 Å². The minimum absolute atomic E-state index is 0.451. The largest absolute Gasteiger partial charge is 0.524 e. The number of phosphoric ester groups is 1. The average Bonchev–Trinajstić information content (AvgIpc) is 2.14. The lowest BCUT2D eigenvalue weighted by Crippen LogP contribution is -2.03. The summed E-state index contributed by atoms with van der Waals surface area (Å²) in [5.74, 6) is -3.41. The molecule has 0 atom stereocenters. The molecule has 0 spiro atoms. The van der Waals surface area contributed by atoms with Gasteiger partial charge in [0, 0.05) is 0 Å². The van der Waals surface area contributed by atoms with Crippen LogP contribution in [0.3, 0.4) is 0 Å². The molecule has 0 amide bonds. The molecule has 17 heavy (non-hydrogen) atoms. The first-order valence-electron chi connectivity index (χ1n) is 4.06. The highest BCUT2D eigenvalue weighted by atomic mass is 31.2. The third-order valence-electron chi connectivity index (χ3n) is 1.62. The van der Waals surface area contributed by atoms with Crippen LogP contribution in [0.4, 0.5) is 0 Å². The Hall–Kier alpha value is -1.89. The molecule has 1 aromatic carbocycles. The number of aromatic carboxylic acids is 2. The van der Waals surface area contributed by atoms with Crippen LogP contribution in [0, 0.1) is 0 Å². The van der Waals surface area contributed by atoms with Crippen LogP contribution in [0.25, 0.3) is 0 Å². The molecule has 92 valence electrons. The fourth-order valence-electron chi connectivity index (χ4n) is 1.04. The van der Waals surface area contributed by atoms with Gasteiger partial charge in [-0.3, -0.25) is 9.79 Å². The van der Waals surface area contributed by atoms with Crippen molar-refractivity contribution in [2.45, 2.75) is 0 Å². The molecule has 0 aliphatic rings. The average molecular weight is 262 g/mol. The molecule has 9 heteroatoms. The Morgan fingerprint density at radius 3 is 1.71 bits per heavy atom. The monoisotopic (exact) mass is 262 g/mol. The molecule has 0 aliphatic heterocycles. The van der Waals surface area contributed by atoms with Gasteiger partial charge < -0.3 is 14.7 Å². The molecule has 0 fully saturated rings. The van der Waals surface area contributed by atoms with Gasteiger partial charge in [-0.25, -0.2) is 14.2 Å². The predicted molar refractivity (Wildman–Crippen MR) is 53.0 cm³/mol. The second kappa shape index (κ2) is 4.54. The Balaban J connectivity index is 3.26. The summed E-state index contributed by atoms with van der Waals surface area (Å²) in [7, 11) is -4.87. The zero-order valence-electron chi connectivity index (χ0n) is 8.10. The van der Waals surface area contributed by atoms with E-state index in [9.17, 15) is 14.2 Å². The van der Waals surface area contributed by atoms with Gasteiger partial charge >= 0.3 is 19.8 Å². The third kappa shape index (κ3) is 3.87. The zero-order valence-corrected chi connectivity index (χ0v) is 9.00. The Kier molecular flexibility index (Phi) is 3.52. The summed E-state index contributed by atoms with van der Waals surface area (Å²) in [6.07, 6.45) is 0. The Bertz CT molecular complexity index is 484. The summed E-state index contributed by atoms with van der Waals surface area (Å²) in [6, 6.07) is 2.47. The first kappa shape index (κ1) is 13.2.